The zero-order chi connectivity index (χ0) is 15.0. The van der Waals surface area contributed by atoms with Crippen molar-refractivity contribution in [1.82, 2.24) is 4.90 Å². The van der Waals surface area contributed by atoms with E-state index in [9.17, 15) is 4.79 Å². The number of halogens is 2. The van der Waals surface area contributed by atoms with Crippen LogP contribution in [0.15, 0.2) is 18.2 Å². The zero-order valence-electron chi connectivity index (χ0n) is 10.8. The van der Waals surface area contributed by atoms with Crippen molar-refractivity contribution in [2.45, 2.75) is 19.3 Å². The summed E-state index contributed by atoms with van der Waals surface area (Å²) in [6, 6.07) is 8.94. The second kappa shape index (κ2) is 8.43. The molecule has 0 radical (unpaired) electrons. The Morgan fingerprint density at radius 1 is 1.15 bits per heavy atom. The molecule has 1 aromatic rings. The first kappa shape index (κ1) is 16.3. The highest BCUT2D eigenvalue weighted by molar-refractivity contribution is 6.35. The van der Waals surface area contributed by atoms with Gasteiger partial charge in [-0.2, -0.15) is 10.5 Å². The lowest BCUT2D eigenvalue weighted by molar-refractivity contribution is -0.130. The van der Waals surface area contributed by atoms with Crippen molar-refractivity contribution in [3.05, 3.63) is 33.8 Å². The van der Waals surface area contributed by atoms with E-state index in [-0.39, 0.29) is 25.2 Å². The van der Waals surface area contributed by atoms with Gasteiger partial charge in [-0.25, -0.2) is 0 Å². The molecule has 1 aromatic carbocycles. The molecule has 0 heterocycles. The summed E-state index contributed by atoms with van der Waals surface area (Å²) in [4.78, 5) is 13.7. The molecule has 1 amide bonds. The summed E-state index contributed by atoms with van der Waals surface area (Å²) < 4.78 is 0. The summed E-state index contributed by atoms with van der Waals surface area (Å²) in [5.74, 6) is -0.153. The molecule has 104 valence electrons. The van der Waals surface area contributed by atoms with E-state index in [1.807, 2.05) is 12.1 Å². The lowest BCUT2D eigenvalue weighted by Gasteiger charge is -2.20. The second-order valence-corrected chi connectivity index (χ2v) is 4.95. The normalized spacial score (nSPS) is 9.60. The molecular weight excluding hydrogens is 297 g/mol. The molecule has 0 N–H and O–H groups in total. The highest BCUT2D eigenvalue weighted by Crippen LogP contribution is 2.21. The molecular formula is C14H13Cl2N3O. The average Bonchev–Trinajstić information content (AvgIpc) is 2.42. The Labute approximate surface area is 128 Å². The van der Waals surface area contributed by atoms with Gasteiger partial charge in [0.05, 0.1) is 31.4 Å². The Hall–Kier alpha value is -1.75. The first-order chi connectivity index (χ1) is 9.58. The lowest BCUT2D eigenvalue weighted by Crippen LogP contribution is -2.34. The van der Waals surface area contributed by atoms with Crippen molar-refractivity contribution in [1.29, 1.82) is 10.5 Å². The van der Waals surface area contributed by atoms with Crippen LogP contribution in [0.4, 0.5) is 0 Å². The minimum atomic E-state index is -0.153. The van der Waals surface area contributed by atoms with E-state index in [4.69, 9.17) is 33.7 Å². The molecule has 0 fully saturated rings. The van der Waals surface area contributed by atoms with Gasteiger partial charge in [0.15, 0.2) is 0 Å². The van der Waals surface area contributed by atoms with E-state index in [2.05, 4.69) is 0 Å². The van der Waals surface area contributed by atoms with Crippen LogP contribution in [-0.4, -0.2) is 23.9 Å². The van der Waals surface area contributed by atoms with Crippen LogP contribution in [0.2, 0.25) is 10.0 Å². The molecule has 0 atom stereocenters. The number of nitriles is 2. The number of amides is 1. The third-order valence-corrected chi connectivity index (χ3v) is 3.28. The largest absolute Gasteiger partial charge is 0.340 e. The van der Waals surface area contributed by atoms with Gasteiger partial charge >= 0.3 is 0 Å². The maximum absolute atomic E-state index is 12.2. The maximum atomic E-state index is 12.2. The highest BCUT2D eigenvalue weighted by Gasteiger charge is 2.15. The fourth-order valence-electron chi connectivity index (χ4n) is 1.67. The van der Waals surface area contributed by atoms with Crippen molar-refractivity contribution in [2.24, 2.45) is 0 Å². The van der Waals surface area contributed by atoms with Crippen LogP contribution in [0, 0.1) is 22.7 Å². The number of nitrogens with zero attached hydrogens (tertiary/aromatic N) is 3. The summed E-state index contributed by atoms with van der Waals surface area (Å²) >= 11 is 11.8. The van der Waals surface area contributed by atoms with Crippen molar-refractivity contribution in [2.75, 3.05) is 13.1 Å². The standard InChI is InChI=1S/C14H13Cl2N3O/c15-12-4-3-11(13(16)10-12)9-14(20)19(7-1-5-17)8-2-6-18/h3-4,10H,1-2,7-9H2. The first-order valence-electron chi connectivity index (χ1n) is 6.04. The third-order valence-electron chi connectivity index (χ3n) is 2.70. The molecule has 0 bridgehead atoms. The fourth-order valence-corrected chi connectivity index (χ4v) is 2.15. The summed E-state index contributed by atoms with van der Waals surface area (Å²) in [7, 11) is 0. The topological polar surface area (TPSA) is 67.9 Å². The minimum Gasteiger partial charge on any atom is -0.340 e. The smallest absolute Gasteiger partial charge is 0.227 e. The summed E-state index contributed by atoms with van der Waals surface area (Å²) in [5.41, 5.74) is 0.681. The van der Waals surface area contributed by atoms with E-state index < -0.39 is 0 Å². The molecule has 0 saturated heterocycles. The Morgan fingerprint density at radius 2 is 1.75 bits per heavy atom. The van der Waals surface area contributed by atoms with Gasteiger partial charge in [-0.3, -0.25) is 4.79 Å². The number of benzene rings is 1. The Balaban J connectivity index is 2.74. The molecule has 0 saturated carbocycles. The number of carbonyl (C=O) groups is 1. The van der Waals surface area contributed by atoms with Gasteiger partial charge < -0.3 is 4.90 Å². The summed E-state index contributed by atoms with van der Waals surface area (Å²) in [5, 5.41) is 18.1. The van der Waals surface area contributed by atoms with E-state index in [0.29, 0.717) is 28.7 Å². The number of rotatable bonds is 6. The molecule has 6 heteroatoms. The predicted molar refractivity (Wildman–Crippen MR) is 77.2 cm³/mol. The Bertz CT molecular complexity index is 543. The van der Waals surface area contributed by atoms with Crippen LogP contribution in [0.1, 0.15) is 18.4 Å². The molecule has 0 aliphatic rings. The molecule has 0 unspecified atom stereocenters. The number of hydrogen-bond acceptors (Lipinski definition) is 3. The Morgan fingerprint density at radius 3 is 2.25 bits per heavy atom. The first-order valence-corrected chi connectivity index (χ1v) is 6.79. The molecule has 0 aliphatic carbocycles. The average molecular weight is 310 g/mol. The van der Waals surface area contributed by atoms with Gasteiger partial charge in [0.1, 0.15) is 0 Å². The van der Waals surface area contributed by atoms with Crippen molar-refractivity contribution in [3.8, 4) is 12.1 Å². The van der Waals surface area contributed by atoms with Crippen LogP contribution in [-0.2, 0) is 11.2 Å². The summed E-state index contributed by atoms with van der Waals surface area (Å²) in [6.45, 7) is 0.643. The van der Waals surface area contributed by atoms with Gasteiger partial charge in [-0.05, 0) is 17.7 Å². The molecule has 1 rings (SSSR count). The van der Waals surface area contributed by atoms with Gasteiger partial charge in [-0.1, -0.05) is 29.3 Å². The van der Waals surface area contributed by atoms with Crippen LogP contribution >= 0.6 is 23.2 Å². The van der Waals surface area contributed by atoms with Gasteiger partial charge in [0.2, 0.25) is 5.91 Å². The second-order valence-electron chi connectivity index (χ2n) is 4.11. The van der Waals surface area contributed by atoms with Gasteiger partial charge in [-0.15, -0.1) is 0 Å². The van der Waals surface area contributed by atoms with Crippen LogP contribution in [0.25, 0.3) is 0 Å². The third kappa shape index (κ3) is 5.09. The van der Waals surface area contributed by atoms with E-state index in [1.54, 1.807) is 18.2 Å². The lowest BCUT2D eigenvalue weighted by atomic mass is 10.1. The van der Waals surface area contributed by atoms with Crippen molar-refractivity contribution < 1.29 is 4.79 Å². The van der Waals surface area contributed by atoms with Crippen molar-refractivity contribution >= 4 is 29.1 Å². The minimum absolute atomic E-state index is 0.132. The molecule has 20 heavy (non-hydrogen) atoms. The van der Waals surface area contributed by atoms with E-state index >= 15 is 0 Å². The SMILES string of the molecule is N#CCCN(CCC#N)C(=O)Cc1ccc(Cl)cc1Cl. The molecule has 0 spiro atoms. The van der Waals surface area contributed by atoms with E-state index in [1.165, 1.54) is 4.90 Å². The Kier molecular flexibility index (Phi) is 6.87. The van der Waals surface area contributed by atoms with Gasteiger partial charge in [0, 0.05) is 23.1 Å². The maximum Gasteiger partial charge on any atom is 0.227 e. The summed E-state index contributed by atoms with van der Waals surface area (Å²) in [6.07, 6.45) is 0.615. The fraction of sp³-hybridized carbons (Fsp3) is 0.357. The molecule has 4 nitrogen and oxygen atoms in total. The predicted octanol–water partition coefficient (Wildman–Crippen LogP) is 3.19. The quantitative estimate of drug-likeness (QED) is 0.810. The van der Waals surface area contributed by atoms with E-state index in [0.717, 1.165) is 0 Å². The zero-order valence-corrected chi connectivity index (χ0v) is 12.3. The van der Waals surface area contributed by atoms with Gasteiger partial charge in [0.25, 0.3) is 0 Å². The molecule has 0 aliphatic heterocycles. The monoisotopic (exact) mass is 309 g/mol. The number of carbonyl (C=O) groups excluding carboxylic acids is 1. The van der Waals surface area contributed by atoms with Crippen molar-refractivity contribution in [3.63, 3.8) is 0 Å². The van der Waals surface area contributed by atoms with Crippen LogP contribution in [0.3, 0.4) is 0 Å². The molecule has 0 aromatic heterocycles. The van der Waals surface area contributed by atoms with Crippen LogP contribution in [0.5, 0.6) is 0 Å². The van der Waals surface area contributed by atoms with Crippen LogP contribution < -0.4 is 0 Å². The highest BCUT2D eigenvalue weighted by atomic mass is 35.5. The number of hydrogen-bond donors (Lipinski definition) is 0.